The third-order valence-electron chi connectivity index (χ3n) is 7.77. The van der Waals surface area contributed by atoms with Gasteiger partial charge in [0.25, 0.3) is 0 Å². The Morgan fingerprint density at radius 3 is 1.86 bits per heavy atom. The van der Waals surface area contributed by atoms with Gasteiger partial charge in [0, 0.05) is 18.9 Å². The van der Waals surface area contributed by atoms with E-state index in [4.69, 9.17) is 0 Å². The number of hydrogen-bond donors (Lipinski definition) is 3. The number of nitrogens with one attached hydrogen (secondary N) is 1. The molecule has 6 nitrogen and oxygen atoms in total. The number of carbonyl (C=O) groups is 3. The van der Waals surface area contributed by atoms with Gasteiger partial charge in [0.1, 0.15) is 0 Å². The van der Waals surface area contributed by atoms with Crippen molar-refractivity contribution in [2.45, 2.75) is 70.8 Å². The van der Waals surface area contributed by atoms with Crippen LogP contribution in [-0.4, -0.2) is 34.1 Å². The molecule has 35 heavy (non-hydrogen) atoms. The first-order valence-corrected chi connectivity index (χ1v) is 12.6. The number of amides is 1. The predicted molar refractivity (Wildman–Crippen MR) is 135 cm³/mol. The van der Waals surface area contributed by atoms with Gasteiger partial charge < -0.3 is 15.5 Å². The smallest absolute Gasteiger partial charge is 0.309 e. The van der Waals surface area contributed by atoms with Gasteiger partial charge in [0.2, 0.25) is 5.91 Å². The minimum Gasteiger partial charge on any atom is -0.481 e. The molecule has 0 aromatic heterocycles. The first-order chi connectivity index (χ1) is 16.7. The van der Waals surface area contributed by atoms with Crippen LogP contribution in [-0.2, 0) is 14.4 Å². The molecule has 1 fully saturated rings. The second-order valence-corrected chi connectivity index (χ2v) is 10.0. The van der Waals surface area contributed by atoms with Crippen molar-refractivity contribution < 1.29 is 24.6 Å². The van der Waals surface area contributed by atoms with Crippen molar-refractivity contribution in [2.75, 3.05) is 0 Å². The molecule has 3 atom stereocenters. The van der Waals surface area contributed by atoms with Crippen molar-refractivity contribution in [1.82, 2.24) is 5.32 Å². The Hall–Kier alpha value is -3.15. The number of rotatable bonds is 12. The quantitative estimate of drug-likeness (QED) is 0.374. The molecule has 0 bridgehead atoms. The maximum atomic E-state index is 12.6. The SMILES string of the molecule is CC(=O)NC(C)C(CC(c1ccccc1)c1ccccc1)C(CCC1(C(=O)O)CCCC1)C(=O)O. The first-order valence-electron chi connectivity index (χ1n) is 12.6. The summed E-state index contributed by atoms with van der Waals surface area (Å²) in [5, 5.41) is 23.2. The second kappa shape index (κ2) is 12.0. The molecule has 3 unspecified atom stereocenters. The van der Waals surface area contributed by atoms with Gasteiger partial charge in [-0.25, -0.2) is 0 Å². The third kappa shape index (κ3) is 6.71. The highest BCUT2D eigenvalue weighted by atomic mass is 16.4. The highest BCUT2D eigenvalue weighted by Gasteiger charge is 2.43. The van der Waals surface area contributed by atoms with Crippen molar-refractivity contribution in [1.29, 1.82) is 0 Å². The van der Waals surface area contributed by atoms with Gasteiger partial charge in [-0.05, 0) is 56.1 Å². The van der Waals surface area contributed by atoms with E-state index in [0.29, 0.717) is 25.7 Å². The lowest BCUT2D eigenvalue weighted by atomic mass is 9.71. The number of carboxylic acids is 2. The van der Waals surface area contributed by atoms with Crippen LogP contribution in [0.25, 0.3) is 0 Å². The van der Waals surface area contributed by atoms with Gasteiger partial charge in [-0.3, -0.25) is 14.4 Å². The topological polar surface area (TPSA) is 104 Å². The molecule has 2 aromatic rings. The van der Waals surface area contributed by atoms with Gasteiger partial charge in [-0.1, -0.05) is 73.5 Å². The molecular weight excluding hydrogens is 442 g/mol. The van der Waals surface area contributed by atoms with Gasteiger partial charge in [0.15, 0.2) is 0 Å². The zero-order chi connectivity index (χ0) is 25.4. The zero-order valence-corrected chi connectivity index (χ0v) is 20.7. The van der Waals surface area contributed by atoms with Crippen LogP contribution >= 0.6 is 0 Å². The van der Waals surface area contributed by atoms with E-state index >= 15 is 0 Å². The Kier molecular flexibility index (Phi) is 9.07. The fourth-order valence-corrected chi connectivity index (χ4v) is 5.83. The fourth-order valence-electron chi connectivity index (χ4n) is 5.83. The normalized spacial score (nSPS) is 17.5. The molecule has 2 aromatic carbocycles. The monoisotopic (exact) mass is 479 g/mol. The van der Waals surface area contributed by atoms with Crippen LogP contribution in [0.3, 0.4) is 0 Å². The zero-order valence-electron chi connectivity index (χ0n) is 20.7. The van der Waals surface area contributed by atoms with Crippen molar-refractivity contribution in [3.8, 4) is 0 Å². The average Bonchev–Trinajstić information content (AvgIpc) is 3.32. The molecular formula is C29H37NO5. The molecule has 3 rings (SSSR count). The minimum absolute atomic E-state index is 0.0552. The van der Waals surface area contributed by atoms with E-state index in [2.05, 4.69) is 5.32 Å². The Balaban J connectivity index is 1.95. The third-order valence-corrected chi connectivity index (χ3v) is 7.77. The summed E-state index contributed by atoms with van der Waals surface area (Å²) < 4.78 is 0. The molecule has 0 aliphatic heterocycles. The van der Waals surface area contributed by atoms with E-state index in [0.717, 1.165) is 24.0 Å². The Morgan fingerprint density at radius 2 is 1.43 bits per heavy atom. The van der Waals surface area contributed by atoms with Crippen LogP contribution < -0.4 is 5.32 Å². The number of benzene rings is 2. The van der Waals surface area contributed by atoms with Crippen LogP contribution in [0.2, 0.25) is 0 Å². The molecule has 6 heteroatoms. The summed E-state index contributed by atoms with van der Waals surface area (Å²) in [6.07, 6.45) is 4.04. The second-order valence-electron chi connectivity index (χ2n) is 10.0. The lowest BCUT2D eigenvalue weighted by Crippen LogP contribution is -2.43. The Labute approximate surface area is 207 Å². The van der Waals surface area contributed by atoms with Crippen LogP contribution in [0.1, 0.15) is 75.8 Å². The van der Waals surface area contributed by atoms with Gasteiger partial charge >= 0.3 is 11.9 Å². The largest absolute Gasteiger partial charge is 0.481 e. The van der Waals surface area contributed by atoms with Gasteiger partial charge in [0.05, 0.1) is 11.3 Å². The minimum atomic E-state index is -0.939. The van der Waals surface area contributed by atoms with E-state index in [1.54, 1.807) is 0 Å². The summed E-state index contributed by atoms with van der Waals surface area (Å²) >= 11 is 0. The lowest BCUT2D eigenvalue weighted by molar-refractivity contribution is -0.151. The van der Waals surface area contributed by atoms with Crippen LogP contribution in [0.15, 0.2) is 60.7 Å². The predicted octanol–water partition coefficient (Wildman–Crippen LogP) is 5.48. The molecule has 3 N–H and O–H groups in total. The Morgan fingerprint density at radius 1 is 0.914 bits per heavy atom. The molecule has 1 aliphatic carbocycles. The van der Waals surface area contributed by atoms with Crippen molar-refractivity contribution in [3.05, 3.63) is 71.8 Å². The fraction of sp³-hybridized carbons (Fsp3) is 0.483. The number of carbonyl (C=O) groups excluding carboxylic acids is 1. The molecule has 1 saturated carbocycles. The standard InChI is InChI=1S/C29H37NO5/c1-20(30-21(2)31)25(24(27(32)33)15-18-29(28(34)35)16-9-10-17-29)19-26(22-11-5-3-6-12-22)23-13-7-4-8-14-23/h3-8,11-14,20,24-26H,9-10,15-19H2,1-2H3,(H,30,31)(H,32,33)(H,34,35). The van der Waals surface area contributed by atoms with Crippen LogP contribution in [0.4, 0.5) is 0 Å². The van der Waals surface area contributed by atoms with E-state index in [-0.39, 0.29) is 30.2 Å². The van der Waals surface area contributed by atoms with Crippen molar-refractivity contribution in [2.24, 2.45) is 17.3 Å². The van der Waals surface area contributed by atoms with Gasteiger partial charge in [-0.15, -0.1) is 0 Å². The summed E-state index contributed by atoms with van der Waals surface area (Å²) in [6, 6.07) is 19.6. The summed E-state index contributed by atoms with van der Waals surface area (Å²) in [7, 11) is 0. The summed E-state index contributed by atoms with van der Waals surface area (Å²) in [5.41, 5.74) is 1.33. The molecule has 0 radical (unpaired) electrons. The molecule has 0 spiro atoms. The van der Waals surface area contributed by atoms with E-state index in [9.17, 15) is 24.6 Å². The van der Waals surface area contributed by atoms with E-state index < -0.39 is 23.3 Å². The van der Waals surface area contributed by atoms with E-state index in [1.165, 1.54) is 6.92 Å². The summed E-state index contributed by atoms with van der Waals surface area (Å²) in [4.78, 5) is 36.7. The average molecular weight is 480 g/mol. The Bertz CT molecular complexity index is 945. The highest BCUT2D eigenvalue weighted by molar-refractivity contribution is 5.76. The molecule has 1 amide bonds. The summed E-state index contributed by atoms with van der Waals surface area (Å²) in [5.74, 6) is -3.18. The molecule has 0 heterocycles. The first kappa shape index (κ1) is 26.5. The highest BCUT2D eigenvalue weighted by Crippen LogP contribution is 2.45. The van der Waals surface area contributed by atoms with Crippen molar-refractivity contribution >= 4 is 17.8 Å². The number of hydrogen-bond acceptors (Lipinski definition) is 3. The lowest BCUT2D eigenvalue weighted by Gasteiger charge is -2.35. The number of carboxylic acid groups (broad SMARTS) is 2. The van der Waals surface area contributed by atoms with Crippen molar-refractivity contribution in [3.63, 3.8) is 0 Å². The molecule has 1 aliphatic rings. The molecule has 0 saturated heterocycles. The van der Waals surface area contributed by atoms with E-state index in [1.807, 2.05) is 67.6 Å². The summed E-state index contributed by atoms with van der Waals surface area (Å²) in [6.45, 7) is 3.30. The number of aliphatic carboxylic acids is 2. The van der Waals surface area contributed by atoms with Crippen LogP contribution in [0, 0.1) is 17.3 Å². The maximum Gasteiger partial charge on any atom is 0.309 e. The van der Waals surface area contributed by atoms with Crippen LogP contribution in [0.5, 0.6) is 0 Å². The molecule has 188 valence electrons. The van der Waals surface area contributed by atoms with Gasteiger partial charge in [-0.2, -0.15) is 0 Å². The maximum absolute atomic E-state index is 12.6.